The van der Waals surface area contributed by atoms with E-state index in [4.69, 9.17) is 9.47 Å². The van der Waals surface area contributed by atoms with Crippen molar-refractivity contribution in [3.8, 4) is 0 Å². The molecule has 0 saturated carbocycles. The number of amides is 1. The summed E-state index contributed by atoms with van der Waals surface area (Å²) in [6.45, 7) is 5.38. The Labute approximate surface area is 100 Å². The van der Waals surface area contributed by atoms with Gasteiger partial charge in [-0.25, -0.2) is 4.79 Å². The van der Waals surface area contributed by atoms with Crippen LogP contribution in [0.3, 0.4) is 0 Å². The van der Waals surface area contributed by atoms with E-state index in [0.717, 1.165) is 0 Å². The van der Waals surface area contributed by atoms with Crippen LogP contribution in [0.25, 0.3) is 0 Å². The first-order valence-corrected chi connectivity index (χ1v) is 5.73. The van der Waals surface area contributed by atoms with E-state index in [2.05, 4.69) is 5.32 Å². The Morgan fingerprint density at radius 3 is 2.82 bits per heavy atom. The Morgan fingerprint density at radius 1 is 1.47 bits per heavy atom. The van der Waals surface area contributed by atoms with E-state index in [-0.39, 0.29) is 24.0 Å². The molecule has 0 aromatic heterocycles. The highest BCUT2D eigenvalue weighted by atomic mass is 16.6. The van der Waals surface area contributed by atoms with Gasteiger partial charge in [-0.15, -0.1) is 0 Å². The first-order valence-electron chi connectivity index (χ1n) is 5.73. The molecule has 1 aliphatic carbocycles. The molecule has 1 saturated heterocycles. The van der Waals surface area contributed by atoms with Gasteiger partial charge in [0.2, 0.25) is 0 Å². The van der Waals surface area contributed by atoms with Crippen molar-refractivity contribution in [3.05, 3.63) is 12.2 Å². The van der Waals surface area contributed by atoms with Gasteiger partial charge < -0.3 is 14.8 Å². The zero-order valence-electron chi connectivity index (χ0n) is 10.2. The third-order valence-corrected chi connectivity index (χ3v) is 2.71. The summed E-state index contributed by atoms with van der Waals surface area (Å²) in [4.78, 5) is 23.1. The van der Waals surface area contributed by atoms with E-state index in [9.17, 15) is 9.59 Å². The molecular formula is C12H17NO4. The van der Waals surface area contributed by atoms with Crippen LogP contribution < -0.4 is 5.32 Å². The van der Waals surface area contributed by atoms with Gasteiger partial charge >= 0.3 is 12.1 Å². The summed E-state index contributed by atoms with van der Waals surface area (Å²) in [5, 5.41) is 2.68. The maximum absolute atomic E-state index is 11.6. The smallest absolute Gasteiger partial charge is 0.408 e. The Balaban J connectivity index is 1.95. The van der Waals surface area contributed by atoms with Crippen LogP contribution >= 0.6 is 0 Å². The van der Waals surface area contributed by atoms with Crippen molar-refractivity contribution in [2.45, 2.75) is 44.9 Å². The number of ether oxygens (including phenoxy) is 2. The van der Waals surface area contributed by atoms with Crippen LogP contribution in [0, 0.1) is 5.92 Å². The molecule has 1 fully saturated rings. The largest absolute Gasteiger partial charge is 0.458 e. The summed E-state index contributed by atoms with van der Waals surface area (Å²) in [5.41, 5.74) is -0.540. The lowest BCUT2D eigenvalue weighted by molar-refractivity contribution is -0.142. The number of carbonyl (C=O) groups excluding carboxylic acids is 2. The standard InChI is InChI=1S/C12H17NO4/c1-12(2,3)17-11(15)13-9-5-4-7-6-8(9)10(14)16-7/h4-5,7-9H,6H2,1-3H3,(H,13,15)/t7-,8-,9-/m1/s1. The fourth-order valence-electron chi connectivity index (χ4n) is 2.01. The van der Waals surface area contributed by atoms with E-state index in [1.807, 2.05) is 6.08 Å². The molecule has 1 aliphatic heterocycles. The number of fused-ring (bicyclic) bond motifs is 2. The molecule has 94 valence electrons. The van der Waals surface area contributed by atoms with Gasteiger partial charge in [0.05, 0.1) is 12.0 Å². The predicted molar refractivity (Wildman–Crippen MR) is 60.3 cm³/mol. The monoisotopic (exact) mass is 239 g/mol. The topological polar surface area (TPSA) is 64.6 Å². The quantitative estimate of drug-likeness (QED) is 0.554. The van der Waals surface area contributed by atoms with E-state index < -0.39 is 11.7 Å². The Morgan fingerprint density at radius 2 is 2.18 bits per heavy atom. The van der Waals surface area contributed by atoms with Gasteiger partial charge in [0.15, 0.2) is 0 Å². The van der Waals surface area contributed by atoms with Crippen molar-refractivity contribution in [2.24, 2.45) is 5.92 Å². The molecule has 0 aromatic rings. The van der Waals surface area contributed by atoms with E-state index >= 15 is 0 Å². The van der Waals surface area contributed by atoms with E-state index in [0.29, 0.717) is 6.42 Å². The average molecular weight is 239 g/mol. The van der Waals surface area contributed by atoms with Crippen molar-refractivity contribution < 1.29 is 19.1 Å². The highest BCUT2D eigenvalue weighted by Gasteiger charge is 2.41. The number of hydrogen-bond acceptors (Lipinski definition) is 4. The molecule has 0 spiro atoms. The Hall–Kier alpha value is -1.52. The predicted octanol–water partition coefficient (Wildman–Crippen LogP) is 1.38. The fourth-order valence-corrected chi connectivity index (χ4v) is 2.01. The molecule has 5 nitrogen and oxygen atoms in total. The van der Waals surface area contributed by atoms with Crippen LogP contribution in [0.2, 0.25) is 0 Å². The highest BCUT2D eigenvalue weighted by molar-refractivity contribution is 5.78. The molecule has 17 heavy (non-hydrogen) atoms. The second-order valence-electron chi connectivity index (χ2n) is 5.37. The molecule has 0 unspecified atom stereocenters. The lowest BCUT2D eigenvalue weighted by Gasteiger charge is -2.24. The number of rotatable bonds is 1. The summed E-state index contributed by atoms with van der Waals surface area (Å²) in [7, 11) is 0. The van der Waals surface area contributed by atoms with Crippen molar-refractivity contribution in [2.75, 3.05) is 0 Å². The molecule has 2 bridgehead atoms. The minimum Gasteiger partial charge on any atom is -0.458 e. The zero-order chi connectivity index (χ0) is 12.6. The van der Waals surface area contributed by atoms with Gasteiger partial charge in [0.1, 0.15) is 11.7 Å². The molecule has 1 N–H and O–H groups in total. The summed E-state index contributed by atoms with van der Waals surface area (Å²) < 4.78 is 10.2. The normalized spacial score (nSPS) is 31.0. The van der Waals surface area contributed by atoms with Crippen LogP contribution in [0.15, 0.2) is 12.2 Å². The average Bonchev–Trinajstić information content (AvgIpc) is 2.45. The number of hydrogen-bond donors (Lipinski definition) is 1. The molecule has 2 rings (SSSR count). The molecule has 3 atom stereocenters. The van der Waals surface area contributed by atoms with Crippen LogP contribution in [-0.4, -0.2) is 29.8 Å². The SMILES string of the molecule is CC(C)(C)OC(=O)N[C@@H]1C=C[C@@H]2C[C@H]1C(=O)O2. The minimum atomic E-state index is -0.540. The summed E-state index contributed by atoms with van der Waals surface area (Å²) >= 11 is 0. The second kappa shape index (κ2) is 4.05. The molecule has 0 radical (unpaired) electrons. The number of nitrogens with one attached hydrogen (secondary N) is 1. The molecule has 0 aromatic carbocycles. The maximum Gasteiger partial charge on any atom is 0.408 e. The number of esters is 1. The molecule has 2 aliphatic rings. The molecule has 5 heteroatoms. The third kappa shape index (κ3) is 2.78. The van der Waals surface area contributed by atoms with Crippen molar-refractivity contribution >= 4 is 12.1 Å². The summed E-state index contributed by atoms with van der Waals surface area (Å²) in [5.74, 6) is -0.529. The highest BCUT2D eigenvalue weighted by Crippen LogP contribution is 2.30. The molecule has 1 heterocycles. The van der Waals surface area contributed by atoms with Gasteiger partial charge in [0, 0.05) is 6.42 Å². The summed E-state index contributed by atoms with van der Waals surface area (Å²) in [6.07, 6.45) is 3.61. The lowest BCUT2D eigenvalue weighted by Crippen LogP contribution is -2.43. The Bertz CT molecular complexity index is 369. The van der Waals surface area contributed by atoms with E-state index in [1.165, 1.54) is 0 Å². The van der Waals surface area contributed by atoms with E-state index in [1.54, 1.807) is 26.8 Å². The van der Waals surface area contributed by atoms with Gasteiger partial charge in [-0.1, -0.05) is 6.08 Å². The lowest BCUT2D eigenvalue weighted by atomic mass is 9.91. The van der Waals surface area contributed by atoms with Gasteiger partial charge in [-0.2, -0.15) is 0 Å². The number of carbonyl (C=O) groups is 2. The first kappa shape index (κ1) is 12.0. The fraction of sp³-hybridized carbons (Fsp3) is 0.667. The van der Waals surface area contributed by atoms with Crippen LogP contribution in [0.1, 0.15) is 27.2 Å². The van der Waals surface area contributed by atoms with Gasteiger partial charge in [-0.3, -0.25) is 4.79 Å². The van der Waals surface area contributed by atoms with Crippen molar-refractivity contribution in [3.63, 3.8) is 0 Å². The van der Waals surface area contributed by atoms with Crippen LogP contribution in [0.5, 0.6) is 0 Å². The van der Waals surface area contributed by atoms with Gasteiger partial charge in [-0.05, 0) is 26.8 Å². The van der Waals surface area contributed by atoms with Gasteiger partial charge in [0.25, 0.3) is 0 Å². The van der Waals surface area contributed by atoms with Crippen molar-refractivity contribution in [1.82, 2.24) is 5.32 Å². The summed E-state index contributed by atoms with van der Waals surface area (Å²) in [6, 6.07) is -0.323. The third-order valence-electron chi connectivity index (χ3n) is 2.71. The molecular weight excluding hydrogens is 222 g/mol. The van der Waals surface area contributed by atoms with Crippen molar-refractivity contribution in [1.29, 1.82) is 0 Å². The second-order valence-corrected chi connectivity index (χ2v) is 5.37. The zero-order valence-corrected chi connectivity index (χ0v) is 10.2. The minimum absolute atomic E-state index is 0.121. The van der Waals surface area contributed by atoms with Crippen LogP contribution in [-0.2, 0) is 14.3 Å². The Kier molecular flexibility index (Phi) is 2.85. The first-order chi connectivity index (χ1) is 7.85. The van der Waals surface area contributed by atoms with Crippen LogP contribution in [0.4, 0.5) is 4.79 Å². The molecule has 1 amide bonds. The number of alkyl carbamates (subject to hydrolysis) is 1. The maximum atomic E-state index is 11.6.